The second-order valence-corrected chi connectivity index (χ2v) is 7.46. The van der Waals surface area contributed by atoms with E-state index in [-0.39, 0.29) is 17.5 Å². The SMILES string of the molecule is CC(C)Cn1cnc2cc(C(=O)N3CC4(CNC(=O)N4C)C3)cnc21. The largest absolute Gasteiger partial charge is 0.335 e. The second-order valence-electron chi connectivity index (χ2n) is 7.46. The van der Waals surface area contributed by atoms with Crippen molar-refractivity contribution < 1.29 is 9.59 Å². The smallest absolute Gasteiger partial charge is 0.317 e. The van der Waals surface area contributed by atoms with E-state index in [1.807, 2.05) is 4.57 Å². The van der Waals surface area contributed by atoms with Crippen molar-refractivity contribution in [1.82, 2.24) is 29.7 Å². The molecule has 0 bridgehead atoms. The Morgan fingerprint density at radius 3 is 2.76 bits per heavy atom. The van der Waals surface area contributed by atoms with Gasteiger partial charge in [-0.15, -0.1) is 0 Å². The van der Waals surface area contributed by atoms with Crippen molar-refractivity contribution in [3.63, 3.8) is 0 Å². The van der Waals surface area contributed by atoms with Gasteiger partial charge in [0.1, 0.15) is 5.52 Å². The van der Waals surface area contributed by atoms with Crippen molar-refractivity contribution in [3.8, 4) is 0 Å². The second kappa shape index (κ2) is 5.44. The van der Waals surface area contributed by atoms with Gasteiger partial charge in [-0.05, 0) is 12.0 Å². The summed E-state index contributed by atoms with van der Waals surface area (Å²) in [6, 6.07) is 1.72. The van der Waals surface area contributed by atoms with E-state index in [1.165, 1.54) is 0 Å². The van der Waals surface area contributed by atoms with Gasteiger partial charge in [0, 0.05) is 39.4 Å². The van der Waals surface area contributed by atoms with Crippen molar-refractivity contribution in [1.29, 1.82) is 0 Å². The molecular formula is C17H22N6O2. The molecule has 132 valence electrons. The first-order valence-electron chi connectivity index (χ1n) is 8.51. The number of amides is 3. The number of carbonyl (C=O) groups is 2. The van der Waals surface area contributed by atoms with Gasteiger partial charge >= 0.3 is 6.03 Å². The van der Waals surface area contributed by atoms with Gasteiger partial charge in [0.25, 0.3) is 5.91 Å². The molecule has 25 heavy (non-hydrogen) atoms. The molecule has 4 rings (SSSR count). The first-order valence-corrected chi connectivity index (χ1v) is 8.51. The topological polar surface area (TPSA) is 83.4 Å². The zero-order chi connectivity index (χ0) is 17.8. The number of rotatable bonds is 3. The number of fused-ring (bicyclic) bond motifs is 1. The van der Waals surface area contributed by atoms with Crippen molar-refractivity contribution >= 4 is 23.1 Å². The monoisotopic (exact) mass is 342 g/mol. The van der Waals surface area contributed by atoms with Crippen LogP contribution in [0.2, 0.25) is 0 Å². The number of hydrogen-bond acceptors (Lipinski definition) is 4. The minimum absolute atomic E-state index is 0.0637. The van der Waals surface area contributed by atoms with Crippen LogP contribution < -0.4 is 5.32 Å². The molecule has 0 saturated carbocycles. The molecule has 4 heterocycles. The number of nitrogens with zero attached hydrogens (tertiary/aromatic N) is 5. The maximum Gasteiger partial charge on any atom is 0.317 e. The van der Waals surface area contributed by atoms with Gasteiger partial charge in [0.15, 0.2) is 5.65 Å². The maximum absolute atomic E-state index is 12.7. The molecule has 0 unspecified atom stereocenters. The summed E-state index contributed by atoms with van der Waals surface area (Å²) in [6.45, 7) is 6.80. The molecule has 0 aromatic carbocycles. The van der Waals surface area contributed by atoms with Crippen LogP contribution in [0.5, 0.6) is 0 Å². The predicted octanol–water partition coefficient (Wildman–Crippen LogP) is 0.937. The van der Waals surface area contributed by atoms with Crippen LogP contribution in [-0.2, 0) is 6.54 Å². The third-order valence-electron chi connectivity index (χ3n) is 5.11. The number of urea groups is 1. The number of carbonyl (C=O) groups excluding carboxylic acids is 2. The van der Waals surface area contributed by atoms with E-state index in [0.29, 0.717) is 31.1 Å². The van der Waals surface area contributed by atoms with Crippen LogP contribution in [0.3, 0.4) is 0 Å². The average Bonchev–Trinajstić information content (AvgIpc) is 3.07. The fourth-order valence-corrected chi connectivity index (χ4v) is 3.60. The van der Waals surface area contributed by atoms with Crippen molar-refractivity contribution in [2.45, 2.75) is 25.9 Å². The Labute approximate surface area is 145 Å². The highest BCUT2D eigenvalue weighted by molar-refractivity contribution is 5.97. The number of likely N-dealkylation sites (N-methyl/N-ethyl adjacent to an activating group) is 1. The molecule has 0 radical (unpaired) electrons. The summed E-state index contributed by atoms with van der Waals surface area (Å²) in [6.07, 6.45) is 3.39. The normalized spacial score (nSPS) is 19.0. The quantitative estimate of drug-likeness (QED) is 0.900. The molecule has 2 aromatic rings. The fraction of sp³-hybridized carbons (Fsp3) is 0.529. The maximum atomic E-state index is 12.7. The van der Waals surface area contributed by atoms with E-state index >= 15 is 0 Å². The molecule has 1 N–H and O–H groups in total. The molecule has 2 aliphatic heterocycles. The third kappa shape index (κ3) is 2.43. The third-order valence-corrected chi connectivity index (χ3v) is 5.11. The molecule has 0 aliphatic carbocycles. The number of hydrogen-bond donors (Lipinski definition) is 1. The van der Waals surface area contributed by atoms with E-state index in [4.69, 9.17) is 0 Å². The number of likely N-dealkylation sites (tertiary alicyclic amines) is 1. The molecule has 2 fully saturated rings. The van der Waals surface area contributed by atoms with Gasteiger partial charge in [-0.3, -0.25) is 4.79 Å². The molecule has 3 amide bonds. The molecule has 8 nitrogen and oxygen atoms in total. The molecule has 1 spiro atoms. The van der Waals surface area contributed by atoms with Crippen molar-refractivity contribution in [3.05, 3.63) is 24.2 Å². The van der Waals surface area contributed by atoms with Crippen LogP contribution in [0.25, 0.3) is 11.2 Å². The average molecular weight is 342 g/mol. The van der Waals surface area contributed by atoms with Crippen LogP contribution >= 0.6 is 0 Å². The summed E-state index contributed by atoms with van der Waals surface area (Å²) in [7, 11) is 1.78. The lowest BCUT2D eigenvalue weighted by Gasteiger charge is -2.50. The number of aromatic nitrogens is 3. The zero-order valence-corrected chi connectivity index (χ0v) is 14.7. The Kier molecular flexibility index (Phi) is 3.45. The lowest BCUT2D eigenvalue weighted by atomic mass is 9.89. The number of pyridine rings is 1. The minimum atomic E-state index is -0.261. The van der Waals surface area contributed by atoms with Gasteiger partial charge in [0.05, 0.1) is 17.4 Å². The van der Waals surface area contributed by atoms with Crippen LogP contribution in [0.1, 0.15) is 24.2 Å². The van der Waals surface area contributed by atoms with E-state index in [1.54, 1.807) is 35.4 Å². The molecule has 2 saturated heterocycles. The lowest BCUT2D eigenvalue weighted by molar-refractivity contribution is 0.00775. The predicted molar refractivity (Wildman–Crippen MR) is 92.2 cm³/mol. The molecule has 2 aromatic heterocycles. The number of imidazole rings is 1. The summed E-state index contributed by atoms with van der Waals surface area (Å²) in [5.74, 6) is 0.434. The molecule has 0 atom stereocenters. The van der Waals surface area contributed by atoms with Gasteiger partial charge in [0.2, 0.25) is 0 Å². The van der Waals surface area contributed by atoms with Gasteiger partial charge in [-0.2, -0.15) is 0 Å². The summed E-state index contributed by atoms with van der Waals surface area (Å²) in [5.41, 5.74) is 1.81. The van der Waals surface area contributed by atoms with E-state index in [2.05, 4.69) is 29.1 Å². The van der Waals surface area contributed by atoms with E-state index < -0.39 is 0 Å². The Morgan fingerprint density at radius 2 is 2.12 bits per heavy atom. The zero-order valence-electron chi connectivity index (χ0n) is 14.7. The van der Waals surface area contributed by atoms with E-state index in [9.17, 15) is 9.59 Å². The Bertz CT molecular complexity index is 852. The highest BCUT2D eigenvalue weighted by Gasteiger charge is 2.53. The lowest BCUT2D eigenvalue weighted by Crippen LogP contribution is -2.70. The Balaban J connectivity index is 1.51. The highest BCUT2D eigenvalue weighted by atomic mass is 16.2. The van der Waals surface area contributed by atoms with E-state index in [0.717, 1.165) is 17.7 Å². The van der Waals surface area contributed by atoms with Crippen molar-refractivity contribution in [2.24, 2.45) is 5.92 Å². The van der Waals surface area contributed by atoms with Gasteiger partial charge in [-0.1, -0.05) is 13.8 Å². The Hall–Kier alpha value is -2.64. The van der Waals surface area contributed by atoms with Crippen LogP contribution in [-0.4, -0.2) is 68.5 Å². The summed E-state index contributed by atoms with van der Waals surface area (Å²) < 4.78 is 2.01. The molecule has 2 aliphatic rings. The standard InChI is InChI=1S/C17H22N6O2/c1-11(2)6-22-10-20-13-4-12(5-18-14(13)22)15(24)23-8-17(9-23)7-19-16(25)21(17)3/h4-5,10-11H,6-9H2,1-3H3,(H,19,25). The van der Waals surface area contributed by atoms with Crippen LogP contribution in [0.15, 0.2) is 18.6 Å². The first kappa shape index (κ1) is 15.9. The van der Waals surface area contributed by atoms with Crippen LogP contribution in [0.4, 0.5) is 4.79 Å². The van der Waals surface area contributed by atoms with Gasteiger partial charge in [-0.25, -0.2) is 14.8 Å². The number of nitrogens with one attached hydrogen (secondary N) is 1. The Morgan fingerprint density at radius 1 is 1.36 bits per heavy atom. The first-order chi connectivity index (χ1) is 11.9. The minimum Gasteiger partial charge on any atom is -0.335 e. The molecular weight excluding hydrogens is 320 g/mol. The highest BCUT2D eigenvalue weighted by Crippen LogP contribution is 2.31. The van der Waals surface area contributed by atoms with Crippen LogP contribution in [0, 0.1) is 5.92 Å². The fourth-order valence-electron chi connectivity index (χ4n) is 3.60. The summed E-state index contributed by atoms with van der Waals surface area (Å²) in [4.78, 5) is 36.6. The van der Waals surface area contributed by atoms with Crippen molar-refractivity contribution in [2.75, 3.05) is 26.7 Å². The summed E-state index contributed by atoms with van der Waals surface area (Å²) in [5, 5.41) is 2.83. The molecule has 8 heteroatoms. The summed E-state index contributed by atoms with van der Waals surface area (Å²) >= 11 is 0. The van der Waals surface area contributed by atoms with Gasteiger partial charge < -0.3 is 19.7 Å².